The standard InChI is InChI=1S/C15H20N2O2S/c1-3-20-12-6-4-11(5-7-12)10(2)16-15(19)13-8-9-14(18)17-13/h4-7,10,13H,3,8-9H2,1-2H3,(H,16,19)(H,17,18)/t10-,13+/m1/s1. The van der Waals surface area contributed by atoms with Gasteiger partial charge in [-0.25, -0.2) is 0 Å². The molecule has 5 heteroatoms. The lowest BCUT2D eigenvalue weighted by Gasteiger charge is -2.17. The summed E-state index contributed by atoms with van der Waals surface area (Å²) in [6.07, 6.45) is 1.03. The fraction of sp³-hybridized carbons (Fsp3) is 0.467. The minimum atomic E-state index is -0.375. The molecular formula is C15H20N2O2S. The van der Waals surface area contributed by atoms with E-state index in [9.17, 15) is 9.59 Å². The lowest BCUT2D eigenvalue weighted by molar-refractivity contribution is -0.126. The van der Waals surface area contributed by atoms with Crippen LogP contribution in [0, 0.1) is 0 Å². The van der Waals surface area contributed by atoms with Crippen LogP contribution in [0.25, 0.3) is 0 Å². The first-order valence-electron chi connectivity index (χ1n) is 6.92. The zero-order valence-electron chi connectivity index (χ0n) is 11.8. The van der Waals surface area contributed by atoms with Gasteiger partial charge in [-0.3, -0.25) is 9.59 Å². The topological polar surface area (TPSA) is 58.2 Å². The second-order valence-electron chi connectivity index (χ2n) is 4.89. The third-order valence-electron chi connectivity index (χ3n) is 3.36. The lowest BCUT2D eigenvalue weighted by Crippen LogP contribution is -2.42. The molecule has 0 bridgehead atoms. The van der Waals surface area contributed by atoms with Crippen LogP contribution < -0.4 is 10.6 Å². The van der Waals surface area contributed by atoms with Crippen molar-refractivity contribution in [3.05, 3.63) is 29.8 Å². The molecule has 0 radical (unpaired) electrons. The lowest BCUT2D eigenvalue weighted by atomic mass is 10.1. The Balaban J connectivity index is 1.92. The normalized spacial score (nSPS) is 19.5. The largest absolute Gasteiger partial charge is 0.348 e. The molecule has 2 amide bonds. The summed E-state index contributed by atoms with van der Waals surface area (Å²) in [5, 5.41) is 5.63. The molecule has 2 N–H and O–H groups in total. The van der Waals surface area contributed by atoms with Crippen molar-refractivity contribution in [2.45, 2.75) is 43.7 Å². The van der Waals surface area contributed by atoms with Crippen LogP contribution in [-0.2, 0) is 9.59 Å². The van der Waals surface area contributed by atoms with Crippen LogP contribution in [0.4, 0.5) is 0 Å². The Morgan fingerprint density at radius 2 is 2.15 bits per heavy atom. The molecular weight excluding hydrogens is 272 g/mol. The number of hydrogen-bond acceptors (Lipinski definition) is 3. The summed E-state index contributed by atoms with van der Waals surface area (Å²) in [5.74, 6) is 0.904. The average molecular weight is 292 g/mol. The van der Waals surface area contributed by atoms with Gasteiger partial charge < -0.3 is 10.6 Å². The highest BCUT2D eigenvalue weighted by molar-refractivity contribution is 7.99. The van der Waals surface area contributed by atoms with E-state index in [2.05, 4.69) is 29.7 Å². The van der Waals surface area contributed by atoms with Gasteiger partial charge in [0, 0.05) is 11.3 Å². The monoisotopic (exact) mass is 292 g/mol. The summed E-state index contributed by atoms with van der Waals surface area (Å²) in [7, 11) is 0. The molecule has 1 aromatic rings. The minimum Gasteiger partial charge on any atom is -0.348 e. The maximum absolute atomic E-state index is 12.0. The van der Waals surface area contributed by atoms with Crippen LogP contribution in [-0.4, -0.2) is 23.6 Å². The van der Waals surface area contributed by atoms with E-state index < -0.39 is 0 Å². The van der Waals surface area contributed by atoms with Crippen molar-refractivity contribution in [3.63, 3.8) is 0 Å². The average Bonchev–Trinajstić information content (AvgIpc) is 2.86. The zero-order chi connectivity index (χ0) is 14.5. The molecule has 1 fully saturated rings. The Bertz CT molecular complexity index is 487. The highest BCUT2D eigenvalue weighted by atomic mass is 32.2. The van der Waals surface area contributed by atoms with Crippen molar-refractivity contribution >= 4 is 23.6 Å². The SMILES string of the molecule is CCSc1ccc([C@@H](C)NC(=O)[C@@H]2CCC(=O)N2)cc1. The van der Waals surface area contributed by atoms with Crippen molar-refractivity contribution < 1.29 is 9.59 Å². The number of hydrogen-bond donors (Lipinski definition) is 2. The van der Waals surface area contributed by atoms with Crippen LogP contribution in [0.2, 0.25) is 0 Å². The van der Waals surface area contributed by atoms with Gasteiger partial charge in [0.15, 0.2) is 0 Å². The van der Waals surface area contributed by atoms with Gasteiger partial charge in [-0.15, -0.1) is 11.8 Å². The second kappa shape index (κ2) is 6.79. The number of amides is 2. The number of benzene rings is 1. The Kier molecular flexibility index (Phi) is 5.06. The number of rotatable bonds is 5. The molecule has 108 valence electrons. The fourth-order valence-electron chi connectivity index (χ4n) is 2.23. The third-order valence-corrected chi connectivity index (χ3v) is 4.26. The molecule has 1 heterocycles. The van der Waals surface area contributed by atoms with Crippen LogP contribution in [0.15, 0.2) is 29.2 Å². The maximum Gasteiger partial charge on any atom is 0.243 e. The highest BCUT2D eigenvalue weighted by Crippen LogP contribution is 2.21. The quantitative estimate of drug-likeness (QED) is 0.818. The summed E-state index contributed by atoms with van der Waals surface area (Å²) in [6.45, 7) is 4.08. The van der Waals surface area contributed by atoms with Gasteiger partial charge in [0.1, 0.15) is 6.04 Å². The molecule has 4 nitrogen and oxygen atoms in total. The number of carbonyl (C=O) groups is 2. The molecule has 0 unspecified atom stereocenters. The van der Waals surface area contributed by atoms with Crippen LogP contribution >= 0.6 is 11.8 Å². The van der Waals surface area contributed by atoms with Gasteiger partial charge in [0.2, 0.25) is 11.8 Å². The number of thioether (sulfide) groups is 1. The van der Waals surface area contributed by atoms with E-state index in [0.29, 0.717) is 12.8 Å². The van der Waals surface area contributed by atoms with E-state index in [0.717, 1.165) is 11.3 Å². The summed E-state index contributed by atoms with van der Waals surface area (Å²) < 4.78 is 0. The predicted octanol–water partition coefficient (Wildman–Crippen LogP) is 2.25. The van der Waals surface area contributed by atoms with Crippen LogP contribution in [0.3, 0.4) is 0 Å². The molecule has 1 aliphatic rings. The molecule has 1 aliphatic heterocycles. The highest BCUT2D eigenvalue weighted by Gasteiger charge is 2.27. The molecule has 2 atom stereocenters. The Morgan fingerprint density at radius 1 is 1.45 bits per heavy atom. The fourth-order valence-corrected chi connectivity index (χ4v) is 2.89. The molecule has 1 saturated heterocycles. The van der Waals surface area contributed by atoms with Gasteiger partial charge >= 0.3 is 0 Å². The van der Waals surface area contributed by atoms with E-state index in [1.807, 2.05) is 19.1 Å². The summed E-state index contributed by atoms with van der Waals surface area (Å²) in [5.41, 5.74) is 1.07. The third kappa shape index (κ3) is 3.76. The van der Waals surface area contributed by atoms with Crippen molar-refractivity contribution in [3.8, 4) is 0 Å². The summed E-state index contributed by atoms with van der Waals surface area (Å²) in [4.78, 5) is 24.4. The first-order chi connectivity index (χ1) is 9.60. The molecule has 0 spiro atoms. The first kappa shape index (κ1) is 14.9. The van der Waals surface area contributed by atoms with Gasteiger partial charge in [0.25, 0.3) is 0 Å². The van der Waals surface area contributed by atoms with Crippen LogP contribution in [0.1, 0.15) is 38.3 Å². The Hall–Kier alpha value is -1.49. The maximum atomic E-state index is 12.0. The van der Waals surface area contributed by atoms with Crippen LogP contribution in [0.5, 0.6) is 0 Å². The zero-order valence-corrected chi connectivity index (χ0v) is 12.6. The minimum absolute atomic E-state index is 0.0428. The van der Waals surface area contributed by atoms with E-state index >= 15 is 0 Å². The second-order valence-corrected chi connectivity index (χ2v) is 6.23. The van der Waals surface area contributed by atoms with E-state index in [4.69, 9.17) is 0 Å². The van der Waals surface area contributed by atoms with Crippen molar-refractivity contribution in [1.29, 1.82) is 0 Å². The van der Waals surface area contributed by atoms with Gasteiger partial charge in [-0.2, -0.15) is 0 Å². The van der Waals surface area contributed by atoms with Gasteiger partial charge in [-0.1, -0.05) is 19.1 Å². The smallest absolute Gasteiger partial charge is 0.243 e. The summed E-state index contributed by atoms with van der Waals surface area (Å²) in [6, 6.07) is 7.79. The number of nitrogens with one attached hydrogen (secondary N) is 2. The van der Waals surface area contributed by atoms with Gasteiger partial charge in [-0.05, 0) is 36.8 Å². The van der Waals surface area contributed by atoms with Crippen molar-refractivity contribution in [2.75, 3.05) is 5.75 Å². The Morgan fingerprint density at radius 3 is 2.70 bits per heavy atom. The molecule has 0 saturated carbocycles. The molecule has 0 aliphatic carbocycles. The summed E-state index contributed by atoms with van der Waals surface area (Å²) >= 11 is 1.80. The molecule has 1 aromatic carbocycles. The molecule has 0 aromatic heterocycles. The van der Waals surface area contributed by atoms with Crippen molar-refractivity contribution in [2.24, 2.45) is 0 Å². The molecule has 20 heavy (non-hydrogen) atoms. The predicted molar refractivity (Wildman–Crippen MR) is 80.6 cm³/mol. The first-order valence-corrected chi connectivity index (χ1v) is 7.91. The van der Waals surface area contributed by atoms with E-state index in [-0.39, 0.29) is 23.9 Å². The van der Waals surface area contributed by atoms with Gasteiger partial charge in [0.05, 0.1) is 6.04 Å². The molecule has 2 rings (SSSR count). The number of carbonyl (C=O) groups excluding carboxylic acids is 2. The Labute approximate surface area is 123 Å². The van der Waals surface area contributed by atoms with E-state index in [1.54, 1.807) is 11.8 Å². The van der Waals surface area contributed by atoms with E-state index in [1.165, 1.54) is 4.90 Å². The van der Waals surface area contributed by atoms with Crippen molar-refractivity contribution in [1.82, 2.24) is 10.6 Å².